The summed E-state index contributed by atoms with van der Waals surface area (Å²) in [5.41, 5.74) is 5.14. The Morgan fingerprint density at radius 2 is 1.83 bits per heavy atom. The summed E-state index contributed by atoms with van der Waals surface area (Å²) in [7, 11) is 0. The van der Waals surface area contributed by atoms with Gasteiger partial charge in [-0.15, -0.1) is 23.1 Å². The fraction of sp³-hybridized carbons (Fsp3) is 0.528. The van der Waals surface area contributed by atoms with E-state index in [2.05, 4.69) is 30.8 Å². The number of anilines is 1. The van der Waals surface area contributed by atoms with Crippen LogP contribution < -0.4 is 16.4 Å². The van der Waals surface area contributed by atoms with E-state index < -0.39 is 52.2 Å². The lowest BCUT2D eigenvalue weighted by Crippen LogP contribution is -2.72. The first-order valence-corrected chi connectivity index (χ1v) is 20.7. The van der Waals surface area contributed by atoms with Crippen molar-refractivity contribution in [3.05, 3.63) is 45.1 Å². The third kappa shape index (κ3) is 8.55. The van der Waals surface area contributed by atoms with E-state index in [0.29, 0.717) is 18.8 Å². The Hall–Kier alpha value is -4.67. The van der Waals surface area contributed by atoms with Gasteiger partial charge >= 0.3 is 5.97 Å². The molecule has 0 unspecified atom stereocenters. The Labute approximate surface area is 346 Å². The zero-order valence-electron chi connectivity index (χ0n) is 32.2. The molecule has 58 heavy (non-hydrogen) atoms. The van der Waals surface area contributed by atoms with Crippen molar-refractivity contribution in [1.29, 1.82) is 0 Å². The van der Waals surface area contributed by atoms with E-state index in [1.165, 1.54) is 48.0 Å². The maximum atomic E-state index is 13.8. The highest BCUT2D eigenvalue weighted by Gasteiger charge is 2.56. The van der Waals surface area contributed by atoms with Gasteiger partial charge in [0.15, 0.2) is 28.1 Å². The van der Waals surface area contributed by atoms with Gasteiger partial charge in [0.25, 0.3) is 17.7 Å². The molecule has 0 spiro atoms. The minimum Gasteiger partial charge on any atom is -0.504 e. The van der Waals surface area contributed by atoms with Crippen molar-refractivity contribution in [3.63, 3.8) is 0 Å². The number of carboxylic acid groups (broad SMARTS) is 1. The van der Waals surface area contributed by atoms with E-state index >= 15 is 0 Å². The fourth-order valence-electron chi connectivity index (χ4n) is 7.58. The predicted molar refractivity (Wildman–Crippen MR) is 213 cm³/mol. The van der Waals surface area contributed by atoms with E-state index in [0.717, 1.165) is 60.3 Å². The summed E-state index contributed by atoms with van der Waals surface area (Å²) in [5, 5.41) is 53.5. The number of oxime groups is 2. The third-order valence-corrected chi connectivity index (χ3v) is 13.6. The number of amides is 3. The van der Waals surface area contributed by atoms with E-state index in [9.17, 15) is 39.8 Å². The molecule has 0 radical (unpaired) electrons. The van der Waals surface area contributed by atoms with Crippen molar-refractivity contribution < 1.29 is 58.8 Å². The van der Waals surface area contributed by atoms with Crippen LogP contribution in [-0.4, -0.2) is 138 Å². The molecular weight excluding hydrogens is 820 g/mol. The Morgan fingerprint density at radius 3 is 2.41 bits per heavy atom. The summed E-state index contributed by atoms with van der Waals surface area (Å²) in [5.74, 6) is -4.05. The lowest BCUT2D eigenvalue weighted by molar-refractivity contribution is -0.941. The number of nitrogen functional groups attached to an aromatic ring is 1. The van der Waals surface area contributed by atoms with Crippen LogP contribution in [0.4, 0.5) is 5.13 Å². The van der Waals surface area contributed by atoms with Crippen LogP contribution in [-0.2, 0) is 33.7 Å². The van der Waals surface area contributed by atoms with E-state index in [4.69, 9.17) is 27.0 Å². The van der Waals surface area contributed by atoms with Crippen molar-refractivity contribution in [2.24, 2.45) is 15.7 Å². The molecule has 3 atom stereocenters. The van der Waals surface area contributed by atoms with Gasteiger partial charge in [0, 0.05) is 53.0 Å². The van der Waals surface area contributed by atoms with Crippen LogP contribution in [0.3, 0.4) is 0 Å². The molecule has 2 aromatic rings. The molecule has 5 aliphatic heterocycles. The molecule has 8 N–H and O–H groups in total. The molecule has 3 amide bonds. The minimum absolute atomic E-state index is 0.0511. The molecule has 7 rings (SSSR count). The predicted octanol–water partition coefficient (Wildman–Crippen LogP) is 2.46. The second kappa shape index (κ2) is 16.9. The average molecular weight is 866 g/mol. The third-order valence-electron chi connectivity index (χ3n) is 11.2. The number of nitrogens with two attached hydrogens (primary N) is 1. The molecule has 2 bridgehead atoms. The normalized spacial score (nSPS) is 25.9. The number of aromatic nitrogens is 1. The van der Waals surface area contributed by atoms with Crippen molar-refractivity contribution in [2.75, 3.05) is 51.7 Å². The number of hydrogen-bond acceptors (Lipinski definition) is 16. The highest BCUT2D eigenvalue weighted by molar-refractivity contribution is 8.00. The van der Waals surface area contributed by atoms with Crippen molar-refractivity contribution >= 4 is 74.9 Å². The van der Waals surface area contributed by atoms with E-state index in [-0.39, 0.29) is 56.7 Å². The highest BCUT2D eigenvalue weighted by Crippen LogP contribution is 2.48. The van der Waals surface area contributed by atoms with Crippen LogP contribution in [0.5, 0.6) is 11.5 Å². The quantitative estimate of drug-likeness (QED) is 0.0319. The number of β-lactam (4-membered cyclic amide) rings is 1. The van der Waals surface area contributed by atoms with Crippen molar-refractivity contribution in [1.82, 2.24) is 20.5 Å². The number of phenolic OH excluding ortho intramolecular Hbond substituents is 2. The van der Waals surface area contributed by atoms with Gasteiger partial charge in [0.2, 0.25) is 5.60 Å². The number of rotatable bonds is 16. The number of hydrogen-bond donors (Lipinski definition) is 7. The van der Waals surface area contributed by atoms with Gasteiger partial charge in [0.05, 0.1) is 30.4 Å². The zero-order chi connectivity index (χ0) is 42.2. The highest BCUT2D eigenvalue weighted by atomic mass is 35.5. The maximum absolute atomic E-state index is 13.8. The fourth-order valence-corrected chi connectivity index (χ4v) is 9.83. The van der Waals surface area contributed by atoms with Crippen LogP contribution in [0.1, 0.15) is 58.2 Å². The molecule has 4 saturated heterocycles. The van der Waals surface area contributed by atoms with Crippen LogP contribution in [0.2, 0.25) is 5.02 Å². The second-order valence-electron chi connectivity index (χ2n) is 15.3. The van der Waals surface area contributed by atoms with Crippen LogP contribution in [0.25, 0.3) is 0 Å². The molecule has 0 saturated carbocycles. The minimum atomic E-state index is -1.77. The van der Waals surface area contributed by atoms with Crippen LogP contribution in [0, 0.1) is 5.41 Å². The number of phenols is 2. The van der Waals surface area contributed by atoms with Gasteiger partial charge in [-0.3, -0.25) is 24.5 Å². The van der Waals surface area contributed by atoms with E-state index in [1.54, 1.807) is 6.92 Å². The first-order valence-electron chi connectivity index (χ1n) is 18.5. The van der Waals surface area contributed by atoms with Crippen LogP contribution >= 0.6 is 34.7 Å². The molecule has 5 aliphatic rings. The standard InChI is InChI=1S/C36H45ClN8O11S2/c1-5-54-42-25(19-12-21(37)28(47)24(46)13-19)29(48)39-17-36-6-9-45(10-7-36,11-8-36)14-20-18(2)58-32-27(31(50)44(32)23(20)15-55-53)41-30(49)26(22-16-57-34(38)40-22)43-56-35(3,4)33(51)52/h12-13,16,18,27,32H,5-11,14-15,17H2,1-4H3,(H7-,38,39,40,41,46,47,48,49,51,52,53)/p+1/b42-25-,43-26-/t18-,27+,32+,36?,45?/m0/s1. The monoisotopic (exact) mass is 865 g/mol. The second-order valence-corrected chi connectivity index (χ2v) is 18.0. The summed E-state index contributed by atoms with van der Waals surface area (Å²) >= 11 is 8.59. The number of aromatic hydroxyl groups is 2. The number of thiazole rings is 1. The summed E-state index contributed by atoms with van der Waals surface area (Å²) in [6.45, 7) is 9.65. The maximum Gasteiger partial charge on any atom is 0.350 e. The molecule has 314 valence electrons. The molecule has 0 aliphatic carbocycles. The number of carboxylic acids is 1. The smallest absolute Gasteiger partial charge is 0.350 e. The van der Waals surface area contributed by atoms with Crippen molar-refractivity contribution in [3.8, 4) is 11.5 Å². The Balaban J connectivity index is 1.12. The number of carbonyl (C=O) groups is 4. The van der Waals surface area contributed by atoms with Crippen molar-refractivity contribution in [2.45, 2.75) is 69.2 Å². The van der Waals surface area contributed by atoms with Gasteiger partial charge in [-0.25, -0.2) is 14.7 Å². The molecule has 6 heterocycles. The molecule has 1 aromatic carbocycles. The number of carbonyl (C=O) groups excluding carboxylic acids is 3. The first kappa shape index (κ1) is 42.9. The first-order chi connectivity index (χ1) is 27.4. The summed E-state index contributed by atoms with van der Waals surface area (Å²) in [6.07, 6.45) is 2.46. The number of fused-ring (bicyclic) bond motifs is 4. The van der Waals surface area contributed by atoms with Gasteiger partial charge in [-0.05, 0) is 39.8 Å². The molecule has 22 heteroatoms. The Morgan fingerprint density at radius 1 is 1.14 bits per heavy atom. The summed E-state index contributed by atoms with van der Waals surface area (Å²) in [4.78, 5) is 73.1. The zero-order valence-corrected chi connectivity index (χ0v) is 34.6. The number of quaternary nitrogens is 1. The molecule has 4 fully saturated rings. The lowest BCUT2D eigenvalue weighted by Gasteiger charge is -2.57. The number of halogens is 1. The topological polar surface area (TPSA) is 268 Å². The summed E-state index contributed by atoms with van der Waals surface area (Å²) in [6, 6.07) is 1.54. The number of nitrogens with one attached hydrogen (secondary N) is 2. The summed E-state index contributed by atoms with van der Waals surface area (Å²) < 4.78 is 0.753. The largest absolute Gasteiger partial charge is 0.504 e. The molecule has 19 nitrogen and oxygen atoms in total. The van der Waals surface area contributed by atoms with Gasteiger partial charge in [-0.2, -0.15) is 0 Å². The number of benzene rings is 1. The van der Waals surface area contributed by atoms with Gasteiger partial charge in [0.1, 0.15) is 36.9 Å². The Bertz CT molecular complexity index is 2030. The number of aliphatic carboxylic acids is 1. The molecular formula is C36H46ClN8O11S2+. The lowest BCUT2D eigenvalue weighted by atomic mass is 9.70. The van der Waals surface area contributed by atoms with Gasteiger partial charge in [-0.1, -0.05) is 21.9 Å². The number of thioether (sulfide) groups is 1. The Kier molecular flexibility index (Phi) is 12.5. The number of piperidine rings is 3. The SMILES string of the molecule is CCO/N=C(\C(=O)NCC12CC[N+](CC3=C(COO)N4C(=O)[C@@H](NC(=O)/C(=N\OC(C)(C)C(=O)O)c5csc(N)n5)[C@H]4S[C@H]3C)(CC1)CC2)c1cc(O)c(O)c(Cl)c1. The average Bonchev–Trinajstić information content (AvgIpc) is 3.62. The van der Waals surface area contributed by atoms with Gasteiger partial charge < -0.3 is 45.8 Å². The van der Waals surface area contributed by atoms with E-state index in [1.807, 2.05) is 6.92 Å². The molecule has 1 aromatic heterocycles. The van der Waals surface area contributed by atoms with Crippen LogP contribution in [0.15, 0.2) is 39.1 Å². The number of nitrogens with zero attached hydrogens (tertiary/aromatic N) is 5.